The molecule has 0 radical (unpaired) electrons. The van der Waals surface area contributed by atoms with E-state index in [0.717, 1.165) is 66.5 Å². The number of hydrogen-bond donors (Lipinski definition) is 9. The Kier molecular flexibility index (Phi) is 32.8. The van der Waals surface area contributed by atoms with Gasteiger partial charge in [0.1, 0.15) is 5.75 Å². The number of aryl methyl sites for hydroxylation is 1. The monoisotopic (exact) mass is 1330 g/mol. The third-order valence-electron chi connectivity index (χ3n) is 14.4. The molecule has 88 heavy (non-hydrogen) atoms. The first-order chi connectivity index (χ1) is 42.2. The van der Waals surface area contributed by atoms with E-state index in [1.54, 1.807) is 54.1 Å². The van der Waals surface area contributed by atoms with E-state index in [2.05, 4.69) is 27.2 Å². The highest BCUT2D eigenvalue weighted by molar-refractivity contribution is 8.02. The summed E-state index contributed by atoms with van der Waals surface area (Å²) in [6.45, 7) is 7.39. The molecule has 14 unspecified atom stereocenters. The lowest BCUT2D eigenvalue weighted by atomic mass is 9.74. The van der Waals surface area contributed by atoms with Crippen molar-refractivity contribution in [2.45, 2.75) is 127 Å². The zero-order chi connectivity index (χ0) is 64.1. The Morgan fingerprint density at radius 1 is 0.636 bits per heavy atom. The minimum absolute atomic E-state index is 0.0766. The fraction of sp³-hybridized carbons (Fsp3) is 0.500. The SMILES string of the molecule is C=COc1ccc(/C=N/N(C)[P+](=S)Oc2ccc(/C=N/N(C)[P+](=S)Oc3ccc(/C=N/N(C)[P+](=S)Oc4ccc(C)cc4)cc3)cc2)cc1.CCCNC(=O)CCCCCCCCOC(O)C1CC(O)C(O)C(CO)C1OC1CC(O)C(O)C(CO)C1O. The van der Waals surface area contributed by atoms with Gasteiger partial charge in [-0.05, 0) is 134 Å². The third kappa shape index (κ3) is 24.6. The zero-order valence-corrected chi connectivity index (χ0v) is 55.3. The number of ether oxygens (including phenoxy) is 3. The Morgan fingerprint density at radius 3 is 1.51 bits per heavy atom. The summed E-state index contributed by atoms with van der Waals surface area (Å²) < 4.78 is 39.5. The molecule has 0 aromatic heterocycles. The Balaban J connectivity index is 0.000000330. The molecule has 22 nitrogen and oxygen atoms in total. The smallest absolute Gasteiger partial charge is 0.466 e. The summed E-state index contributed by atoms with van der Waals surface area (Å²) in [4.78, 5) is 11.6. The fourth-order valence-electron chi connectivity index (χ4n) is 9.23. The predicted octanol–water partition coefficient (Wildman–Crippen LogP) is 7.65. The molecule has 2 fully saturated rings. The van der Waals surface area contributed by atoms with E-state index in [1.165, 1.54) is 6.26 Å². The van der Waals surface area contributed by atoms with Gasteiger partial charge in [0.2, 0.25) is 41.3 Å². The first kappa shape index (κ1) is 73.6. The quantitative estimate of drug-likeness (QED) is 0.00542. The third-order valence-corrected chi connectivity index (χ3v) is 20.0. The number of rotatable bonds is 34. The van der Waals surface area contributed by atoms with E-state index in [-0.39, 0.29) is 25.4 Å². The Labute approximate surface area is 534 Å². The van der Waals surface area contributed by atoms with E-state index in [0.29, 0.717) is 36.6 Å². The van der Waals surface area contributed by atoms with Gasteiger partial charge in [-0.3, -0.25) is 18.4 Å². The van der Waals surface area contributed by atoms with Crippen LogP contribution in [-0.2, 0) is 49.7 Å². The molecular formula is C60H85N7O15P3S3+3. The number of nitrogens with one attached hydrogen (secondary N) is 1. The van der Waals surface area contributed by atoms with Gasteiger partial charge in [0, 0.05) is 43.7 Å². The summed E-state index contributed by atoms with van der Waals surface area (Å²) in [7, 11) is 1.15. The number of amides is 1. The minimum Gasteiger partial charge on any atom is -0.466 e. The topological polar surface area (TPSA) is 293 Å². The van der Waals surface area contributed by atoms with E-state index >= 15 is 0 Å². The van der Waals surface area contributed by atoms with E-state index in [4.69, 9.17) is 63.2 Å². The van der Waals surface area contributed by atoms with Crippen LogP contribution in [0.3, 0.4) is 0 Å². The van der Waals surface area contributed by atoms with Crippen molar-refractivity contribution >= 4 is 81.2 Å². The van der Waals surface area contributed by atoms with Crippen LogP contribution >= 0.6 is 21.2 Å². The van der Waals surface area contributed by atoms with Gasteiger partial charge in [-0.2, -0.15) is 0 Å². The van der Waals surface area contributed by atoms with Gasteiger partial charge < -0.3 is 60.4 Å². The second kappa shape index (κ2) is 39.2. The van der Waals surface area contributed by atoms with Crippen LogP contribution in [0.5, 0.6) is 23.0 Å². The maximum absolute atomic E-state index is 11.6. The van der Waals surface area contributed by atoms with Crippen LogP contribution in [0.1, 0.15) is 93.4 Å². The average molecular weight is 1330 g/mol. The Bertz CT molecular complexity index is 2880. The van der Waals surface area contributed by atoms with E-state index in [9.17, 15) is 45.6 Å². The first-order valence-corrected chi connectivity index (χ1v) is 35.7. The van der Waals surface area contributed by atoms with Crippen molar-refractivity contribution in [3.63, 3.8) is 0 Å². The molecule has 2 aliphatic carbocycles. The van der Waals surface area contributed by atoms with Gasteiger partial charge in [0.15, 0.2) is 23.5 Å². The number of hydrogen-bond acceptors (Lipinski definition) is 21. The fourth-order valence-corrected chi connectivity index (χ4v) is 12.1. The lowest BCUT2D eigenvalue weighted by molar-refractivity contribution is -0.256. The largest absolute Gasteiger partial charge is 0.540 e. The van der Waals surface area contributed by atoms with Crippen LogP contribution in [-0.4, -0.2) is 176 Å². The van der Waals surface area contributed by atoms with Crippen LogP contribution in [0.25, 0.3) is 0 Å². The maximum atomic E-state index is 11.6. The number of unbranched alkanes of at least 4 members (excludes halogenated alkanes) is 5. The molecule has 14 atom stereocenters. The second-order valence-corrected chi connectivity index (χ2v) is 27.6. The first-order valence-electron chi connectivity index (χ1n) is 29.0. The average Bonchev–Trinajstić information content (AvgIpc) is 1.93. The number of carbonyl (C=O) groups is 1. The lowest BCUT2D eigenvalue weighted by Crippen LogP contribution is -2.60. The van der Waals surface area contributed by atoms with Gasteiger partial charge in [0.05, 0.1) is 102 Å². The normalized spacial score (nSPS) is 22.7. The highest BCUT2D eigenvalue weighted by atomic mass is 32.4. The molecule has 2 aliphatic rings. The van der Waals surface area contributed by atoms with E-state index < -0.39 is 101 Å². The molecule has 28 heteroatoms. The van der Waals surface area contributed by atoms with Gasteiger partial charge in [-0.25, -0.2) is 0 Å². The van der Waals surface area contributed by atoms with Crippen molar-refractivity contribution in [1.82, 2.24) is 19.7 Å². The summed E-state index contributed by atoms with van der Waals surface area (Å²) in [6, 6.07) is 30.1. The zero-order valence-electron chi connectivity index (χ0n) is 50.2. The van der Waals surface area contributed by atoms with Crippen LogP contribution in [0.15, 0.2) is 125 Å². The molecule has 2 saturated carbocycles. The number of hydrazone groups is 3. The van der Waals surface area contributed by atoms with Crippen LogP contribution in [0.4, 0.5) is 0 Å². The number of aliphatic hydroxyl groups is 8. The summed E-state index contributed by atoms with van der Waals surface area (Å²) in [6.07, 6.45) is 3.10. The molecule has 4 aromatic rings. The summed E-state index contributed by atoms with van der Waals surface area (Å²) in [5, 5.41) is 98.3. The summed E-state index contributed by atoms with van der Waals surface area (Å²) in [5.74, 6) is -0.111. The van der Waals surface area contributed by atoms with Gasteiger partial charge in [-0.15, -0.1) is 15.3 Å². The molecule has 6 rings (SSSR count). The summed E-state index contributed by atoms with van der Waals surface area (Å²) >= 11 is 16.6. The molecule has 0 saturated heterocycles. The number of nitrogens with zero attached hydrogens (tertiary/aromatic N) is 6. The second-order valence-electron chi connectivity index (χ2n) is 21.1. The highest BCUT2D eigenvalue weighted by Gasteiger charge is 2.51. The molecule has 0 aliphatic heterocycles. The standard InChI is InChI=1S/C33H34N6O4P3S3.C27H51NO11/c1-6-40-30-17-9-27(10-18-30)23-34-38(4)45(48)42-32-21-13-29(14-22-32)25-36-39(5)46(49)43-33-19-11-28(12-20-33)24-35-37(3)44(47)41-31-15-7-26(2)8-16-31;1-2-10-28-22(33)9-7-5-3-4-6-8-11-38-27(37)16-12-19(31)24(35)18(15-30)26(16)39-21-13-20(32)23(34)17(14-29)25(21)36/h6-25H,1H2,2-5H3;16-21,23-27,29-32,34-37H,2-15H2,1H3,(H,28,33)/q+3;/b34-23+,35-24+,36-25+;. The minimum atomic E-state index is -1.44. The molecule has 480 valence electrons. The van der Waals surface area contributed by atoms with Crippen LogP contribution in [0.2, 0.25) is 0 Å². The van der Waals surface area contributed by atoms with Crippen molar-refractivity contribution in [2.24, 2.45) is 33.1 Å². The van der Waals surface area contributed by atoms with Crippen molar-refractivity contribution in [3.8, 4) is 23.0 Å². The van der Waals surface area contributed by atoms with Crippen molar-refractivity contribution < 1.29 is 73.4 Å². The highest BCUT2D eigenvalue weighted by Crippen LogP contribution is 2.39. The Hall–Kier alpha value is -5.14. The molecular weight excluding hydrogens is 1250 g/mol. The molecule has 9 N–H and O–H groups in total. The predicted molar refractivity (Wildman–Crippen MR) is 352 cm³/mol. The summed E-state index contributed by atoms with van der Waals surface area (Å²) in [5.41, 5.74) is 3.80. The van der Waals surface area contributed by atoms with Crippen LogP contribution in [0, 0.1) is 24.7 Å². The molecule has 0 bridgehead atoms. The Morgan fingerprint density at radius 2 is 1.06 bits per heavy atom. The molecule has 0 spiro atoms. The number of benzene rings is 4. The number of aliphatic hydroxyl groups excluding tert-OH is 8. The van der Waals surface area contributed by atoms with Gasteiger partial charge in [0.25, 0.3) is 0 Å². The van der Waals surface area contributed by atoms with Crippen molar-refractivity contribution in [3.05, 3.63) is 132 Å². The van der Waals surface area contributed by atoms with Crippen LogP contribution < -0.4 is 23.6 Å². The number of carbonyl (C=O) groups excluding carboxylic acids is 1. The molecule has 0 heterocycles. The van der Waals surface area contributed by atoms with Crippen molar-refractivity contribution in [2.75, 3.05) is 47.5 Å². The lowest BCUT2D eigenvalue weighted by Gasteiger charge is -2.48. The van der Waals surface area contributed by atoms with E-state index in [1.807, 2.05) is 111 Å². The van der Waals surface area contributed by atoms with Crippen molar-refractivity contribution in [1.29, 1.82) is 0 Å². The molecule has 1 amide bonds. The molecule has 4 aromatic carbocycles. The maximum Gasteiger partial charge on any atom is 0.540 e. The van der Waals surface area contributed by atoms with Gasteiger partial charge in [-0.1, -0.05) is 71.2 Å². The van der Waals surface area contributed by atoms with Gasteiger partial charge >= 0.3 is 21.2 Å².